The lowest BCUT2D eigenvalue weighted by molar-refractivity contribution is -0.384. The minimum Gasteiger partial charge on any atom is -0.339 e. The molecular formula is C14H17FN2O3. The highest BCUT2D eigenvalue weighted by Crippen LogP contribution is 2.22. The van der Waals surface area contributed by atoms with Gasteiger partial charge >= 0.3 is 0 Å². The molecule has 1 unspecified atom stereocenters. The molecule has 6 heteroatoms. The van der Waals surface area contributed by atoms with Crippen molar-refractivity contribution in [3.8, 4) is 0 Å². The predicted octanol–water partition coefficient (Wildman–Crippen LogP) is 3.00. The number of rotatable bonds is 2. The van der Waals surface area contributed by atoms with Crippen molar-refractivity contribution in [3.05, 3.63) is 39.7 Å². The predicted molar refractivity (Wildman–Crippen MR) is 72.0 cm³/mol. The molecule has 5 nitrogen and oxygen atoms in total. The van der Waals surface area contributed by atoms with Crippen LogP contribution in [0.1, 0.15) is 36.5 Å². The van der Waals surface area contributed by atoms with Gasteiger partial charge in [-0.05, 0) is 31.2 Å². The van der Waals surface area contributed by atoms with E-state index >= 15 is 0 Å². The van der Waals surface area contributed by atoms with Crippen molar-refractivity contribution in [1.29, 1.82) is 0 Å². The number of hydrogen-bond donors (Lipinski definition) is 0. The fourth-order valence-corrected chi connectivity index (χ4v) is 2.43. The third kappa shape index (κ3) is 3.12. The lowest BCUT2D eigenvalue weighted by Crippen LogP contribution is -2.32. The Bertz CT molecular complexity index is 533. The van der Waals surface area contributed by atoms with Crippen LogP contribution in [0.2, 0.25) is 0 Å². The summed E-state index contributed by atoms with van der Waals surface area (Å²) in [6, 6.07) is 3.06. The molecule has 1 atom stereocenters. The van der Waals surface area contributed by atoms with Crippen LogP contribution in [0.5, 0.6) is 0 Å². The Hall–Kier alpha value is -1.98. The Balaban J connectivity index is 2.23. The number of nitro benzene ring substituents is 1. The van der Waals surface area contributed by atoms with Crippen molar-refractivity contribution in [2.75, 3.05) is 13.1 Å². The molecule has 0 aromatic heterocycles. The number of nitrogens with zero attached hydrogens (tertiary/aromatic N) is 2. The van der Waals surface area contributed by atoms with Gasteiger partial charge in [0.2, 0.25) is 0 Å². The molecule has 1 heterocycles. The van der Waals surface area contributed by atoms with Crippen molar-refractivity contribution in [1.82, 2.24) is 4.90 Å². The molecule has 108 valence electrons. The number of amides is 1. The largest absolute Gasteiger partial charge is 0.339 e. The number of carbonyl (C=O) groups is 1. The summed E-state index contributed by atoms with van der Waals surface area (Å²) < 4.78 is 13.7. The maximum Gasteiger partial charge on any atom is 0.270 e. The Morgan fingerprint density at radius 3 is 2.85 bits per heavy atom. The topological polar surface area (TPSA) is 63.5 Å². The Morgan fingerprint density at radius 2 is 2.15 bits per heavy atom. The molecule has 1 aromatic carbocycles. The van der Waals surface area contributed by atoms with Crippen molar-refractivity contribution in [3.63, 3.8) is 0 Å². The number of halogens is 1. The van der Waals surface area contributed by atoms with Crippen LogP contribution < -0.4 is 0 Å². The van der Waals surface area contributed by atoms with Gasteiger partial charge < -0.3 is 4.90 Å². The zero-order valence-electron chi connectivity index (χ0n) is 11.3. The number of hydrogen-bond acceptors (Lipinski definition) is 3. The van der Waals surface area contributed by atoms with Crippen LogP contribution in [-0.2, 0) is 0 Å². The summed E-state index contributed by atoms with van der Waals surface area (Å²) in [6.07, 6.45) is 2.80. The normalized spacial score (nSPS) is 19.5. The van der Waals surface area contributed by atoms with Crippen molar-refractivity contribution >= 4 is 11.6 Å². The van der Waals surface area contributed by atoms with Gasteiger partial charge in [0, 0.05) is 25.2 Å². The first-order valence-electron chi connectivity index (χ1n) is 6.72. The second-order valence-corrected chi connectivity index (χ2v) is 5.25. The maximum absolute atomic E-state index is 13.7. The van der Waals surface area contributed by atoms with Crippen LogP contribution in [0.3, 0.4) is 0 Å². The zero-order chi connectivity index (χ0) is 14.7. The minimum atomic E-state index is -0.710. The van der Waals surface area contributed by atoms with Crippen LogP contribution in [0.25, 0.3) is 0 Å². The molecule has 1 aromatic rings. The maximum atomic E-state index is 13.7. The summed E-state index contributed by atoms with van der Waals surface area (Å²) >= 11 is 0. The zero-order valence-corrected chi connectivity index (χ0v) is 11.3. The molecule has 20 heavy (non-hydrogen) atoms. The quantitative estimate of drug-likeness (QED) is 0.618. The molecule has 0 radical (unpaired) electrons. The molecule has 1 aliphatic heterocycles. The molecule has 1 amide bonds. The second-order valence-electron chi connectivity index (χ2n) is 5.25. The molecule has 1 saturated heterocycles. The van der Waals surface area contributed by atoms with E-state index in [1.54, 1.807) is 4.90 Å². The van der Waals surface area contributed by atoms with E-state index in [9.17, 15) is 19.3 Å². The van der Waals surface area contributed by atoms with E-state index in [2.05, 4.69) is 6.92 Å². The third-order valence-electron chi connectivity index (χ3n) is 3.70. The lowest BCUT2D eigenvalue weighted by Gasteiger charge is -2.20. The highest BCUT2D eigenvalue weighted by Gasteiger charge is 2.24. The number of likely N-dealkylation sites (tertiary alicyclic amines) is 1. The Labute approximate surface area is 116 Å². The SMILES string of the molecule is CC1CCCN(C(=O)c2cc([N+](=O)[O-])ccc2F)CC1. The summed E-state index contributed by atoms with van der Waals surface area (Å²) in [6.45, 7) is 3.27. The average molecular weight is 280 g/mol. The standard InChI is InChI=1S/C14H17FN2O3/c1-10-3-2-7-16(8-6-10)14(18)12-9-11(17(19)20)4-5-13(12)15/h4-5,9-10H,2-3,6-8H2,1H3. The molecule has 1 fully saturated rings. The van der Waals surface area contributed by atoms with Crippen LogP contribution in [0, 0.1) is 21.8 Å². The molecule has 1 aliphatic rings. The highest BCUT2D eigenvalue weighted by atomic mass is 19.1. The van der Waals surface area contributed by atoms with E-state index in [1.807, 2.05) is 0 Å². The van der Waals surface area contributed by atoms with Gasteiger partial charge in [0.25, 0.3) is 11.6 Å². The first-order chi connectivity index (χ1) is 9.49. The van der Waals surface area contributed by atoms with Crippen LogP contribution >= 0.6 is 0 Å². The van der Waals surface area contributed by atoms with Crippen LogP contribution in [-0.4, -0.2) is 28.8 Å². The van der Waals surface area contributed by atoms with Gasteiger partial charge in [-0.3, -0.25) is 14.9 Å². The number of benzene rings is 1. The molecule has 0 spiro atoms. The van der Waals surface area contributed by atoms with E-state index in [-0.39, 0.29) is 11.3 Å². The Kier molecular flexibility index (Phi) is 4.32. The fraction of sp³-hybridized carbons (Fsp3) is 0.500. The molecule has 0 saturated carbocycles. The summed E-state index contributed by atoms with van der Waals surface area (Å²) in [5, 5.41) is 10.7. The summed E-state index contributed by atoms with van der Waals surface area (Å²) in [5.74, 6) is -0.624. The van der Waals surface area contributed by atoms with Crippen molar-refractivity contribution in [2.45, 2.75) is 26.2 Å². The number of nitro groups is 1. The van der Waals surface area contributed by atoms with Gasteiger partial charge in [-0.25, -0.2) is 4.39 Å². The van der Waals surface area contributed by atoms with Crippen LogP contribution in [0.15, 0.2) is 18.2 Å². The second kappa shape index (κ2) is 5.98. The van der Waals surface area contributed by atoms with E-state index in [0.717, 1.165) is 37.5 Å². The van der Waals surface area contributed by atoms with Gasteiger partial charge in [-0.1, -0.05) is 6.92 Å². The molecule has 2 rings (SSSR count). The van der Waals surface area contributed by atoms with E-state index < -0.39 is 16.6 Å². The van der Waals surface area contributed by atoms with Crippen molar-refractivity contribution in [2.24, 2.45) is 5.92 Å². The van der Waals surface area contributed by atoms with Gasteiger partial charge in [-0.2, -0.15) is 0 Å². The van der Waals surface area contributed by atoms with E-state index in [0.29, 0.717) is 19.0 Å². The third-order valence-corrected chi connectivity index (χ3v) is 3.70. The fourth-order valence-electron chi connectivity index (χ4n) is 2.43. The van der Waals surface area contributed by atoms with E-state index in [1.165, 1.54) is 0 Å². The van der Waals surface area contributed by atoms with Crippen LogP contribution in [0.4, 0.5) is 10.1 Å². The van der Waals surface area contributed by atoms with Crippen molar-refractivity contribution < 1.29 is 14.1 Å². The van der Waals surface area contributed by atoms with Gasteiger partial charge in [0.05, 0.1) is 10.5 Å². The Morgan fingerprint density at radius 1 is 1.40 bits per heavy atom. The van der Waals surface area contributed by atoms with Gasteiger partial charge in [-0.15, -0.1) is 0 Å². The minimum absolute atomic E-state index is 0.214. The smallest absolute Gasteiger partial charge is 0.270 e. The number of carbonyl (C=O) groups excluding carboxylic acids is 1. The van der Waals surface area contributed by atoms with Gasteiger partial charge in [0.1, 0.15) is 5.82 Å². The summed E-state index contributed by atoms with van der Waals surface area (Å²) in [5.41, 5.74) is -0.480. The summed E-state index contributed by atoms with van der Waals surface area (Å²) in [4.78, 5) is 24.0. The highest BCUT2D eigenvalue weighted by molar-refractivity contribution is 5.95. The molecule has 0 N–H and O–H groups in total. The first-order valence-corrected chi connectivity index (χ1v) is 6.72. The average Bonchev–Trinajstić information content (AvgIpc) is 2.63. The molecular weight excluding hydrogens is 263 g/mol. The summed E-state index contributed by atoms with van der Waals surface area (Å²) in [7, 11) is 0. The first kappa shape index (κ1) is 14.4. The lowest BCUT2D eigenvalue weighted by atomic mass is 10.0. The number of non-ortho nitro benzene ring substituents is 1. The van der Waals surface area contributed by atoms with Gasteiger partial charge in [0.15, 0.2) is 0 Å². The monoisotopic (exact) mass is 280 g/mol. The van der Waals surface area contributed by atoms with E-state index in [4.69, 9.17) is 0 Å². The molecule has 0 aliphatic carbocycles. The molecule has 0 bridgehead atoms.